The van der Waals surface area contributed by atoms with Crippen molar-refractivity contribution in [3.8, 4) is 11.3 Å². The maximum absolute atomic E-state index is 12.9. The summed E-state index contributed by atoms with van der Waals surface area (Å²) in [7, 11) is -3.18. The zero-order valence-electron chi connectivity index (χ0n) is 15.2. The molecule has 5 nitrogen and oxygen atoms in total. The number of rotatable bonds is 3. The van der Waals surface area contributed by atoms with Gasteiger partial charge in [-0.1, -0.05) is 36.1 Å². The van der Waals surface area contributed by atoms with E-state index in [-0.39, 0.29) is 37.8 Å². The molecule has 0 radical (unpaired) electrons. The van der Waals surface area contributed by atoms with Crippen molar-refractivity contribution in [3.63, 3.8) is 0 Å². The molecule has 3 heterocycles. The topological polar surface area (TPSA) is 67.6 Å². The molecular weight excluding hydrogens is 459 g/mol. The quantitative estimate of drug-likeness (QED) is 0.488. The standard InChI is InChI=1S/C19H14F3NO4S3/c20-19(21,22)12-3-1-2-11(8-12)15-5-4-14(27-15)9-16-17(24)23(18(28)29-16)13-6-7-30(25,26)10-13/h1-5,8-9,13H,6-7,10H2/b16-9-. The number of thiocarbonyl (C=S) groups is 1. The van der Waals surface area contributed by atoms with Crippen LogP contribution >= 0.6 is 24.0 Å². The minimum Gasteiger partial charge on any atom is -0.457 e. The Kier molecular flexibility index (Phi) is 5.31. The first-order valence-corrected chi connectivity index (χ1v) is 11.8. The second-order valence-electron chi connectivity index (χ2n) is 6.89. The van der Waals surface area contributed by atoms with E-state index in [1.165, 1.54) is 29.2 Å². The van der Waals surface area contributed by atoms with Crippen LogP contribution in [0.4, 0.5) is 13.2 Å². The van der Waals surface area contributed by atoms with Crippen LogP contribution in [0.3, 0.4) is 0 Å². The molecule has 2 aliphatic rings. The molecule has 1 aromatic heterocycles. The molecule has 0 saturated carbocycles. The fourth-order valence-corrected chi connectivity index (χ4v) is 6.42. The van der Waals surface area contributed by atoms with Gasteiger partial charge in [0.25, 0.3) is 5.91 Å². The summed E-state index contributed by atoms with van der Waals surface area (Å²) in [6.07, 6.45) is -2.67. The number of alkyl halides is 3. The number of nitrogens with zero attached hydrogens (tertiary/aromatic N) is 1. The lowest BCUT2D eigenvalue weighted by molar-refractivity contribution is -0.137. The highest BCUT2D eigenvalue weighted by molar-refractivity contribution is 8.26. The highest BCUT2D eigenvalue weighted by atomic mass is 32.2. The van der Waals surface area contributed by atoms with Crippen molar-refractivity contribution < 1.29 is 30.8 Å². The van der Waals surface area contributed by atoms with Gasteiger partial charge < -0.3 is 4.42 Å². The zero-order valence-corrected chi connectivity index (χ0v) is 17.6. The molecule has 0 spiro atoms. The molecule has 1 unspecified atom stereocenters. The molecule has 2 saturated heterocycles. The summed E-state index contributed by atoms with van der Waals surface area (Å²) in [4.78, 5) is 14.3. The number of hydrogen-bond donors (Lipinski definition) is 0. The van der Waals surface area contributed by atoms with Gasteiger partial charge in [-0.3, -0.25) is 9.69 Å². The van der Waals surface area contributed by atoms with Gasteiger partial charge in [0.15, 0.2) is 9.84 Å². The van der Waals surface area contributed by atoms with Crippen LogP contribution in [0.15, 0.2) is 45.7 Å². The molecule has 0 bridgehead atoms. The van der Waals surface area contributed by atoms with Gasteiger partial charge in [0.1, 0.15) is 15.8 Å². The predicted octanol–water partition coefficient (Wildman–Crippen LogP) is 4.35. The maximum atomic E-state index is 12.9. The van der Waals surface area contributed by atoms with Crippen LogP contribution in [-0.4, -0.2) is 41.1 Å². The van der Waals surface area contributed by atoms with Crippen molar-refractivity contribution in [3.05, 3.63) is 52.6 Å². The number of thioether (sulfide) groups is 1. The highest BCUT2D eigenvalue weighted by Crippen LogP contribution is 2.37. The molecule has 2 aromatic rings. The molecule has 0 N–H and O–H groups in total. The van der Waals surface area contributed by atoms with E-state index in [0.29, 0.717) is 6.42 Å². The zero-order chi connectivity index (χ0) is 21.7. The van der Waals surface area contributed by atoms with Crippen LogP contribution in [0.25, 0.3) is 17.4 Å². The van der Waals surface area contributed by atoms with Crippen molar-refractivity contribution in [2.24, 2.45) is 0 Å². The Morgan fingerprint density at radius 2 is 2.00 bits per heavy atom. The Morgan fingerprint density at radius 3 is 2.67 bits per heavy atom. The van der Waals surface area contributed by atoms with Crippen LogP contribution < -0.4 is 0 Å². The smallest absolute Gasteiger partial charge is 0.416 e. The summed E-state index contributed by atoms with van der Waals surface area (Å²) < 4.78 is 68.1. The van der Waals surface area contributed by atoms with Crippen molar-refractivity contribution in [2.45, 2.75) is 18.6 Å². The second-order valence-corrected chi connectivity index (χ2v) is 10.8. The molecule has 1 atom stereocenters. The van der Waals surface area contributed by atoms with Gasteiger partial charge in [-0.25, -0.2) is 8.42 Å². The number of carbonyl (C=O) groups excluding carboxylic acids is 1. The molecule has 158 valence electrons. The fraction of sp³-hybridized carbons (Fsp3) is 0.263. The summed E-state index contributed by atoms with van der Waals surface area (Å²) >= 11 is 6.29. The molecule has 30 heavy (non-hydrogen) atoms. The summed E-state index contributed by atoms with van der Waals surface area (Å²) in [5.41, 5.74) is -0.529. The molecular formula is C19H14F3NO4S3. The van der Waals surface area contributed by atoms with E-state index < -0.39 is 33.5 Å². The van der Waals surface area contributed by atoms with Gasteiger partial charge in [-0.15, -0.1) is 0 Å². The van der Waals surface area contributed by atoms with E-state index in [2.05, 4.69) is 0 Å². The van der Waals surface area contributed by atoms with Gasteiger partial charge in [0, 0.05) is 11.6 Å². The monoisotopic (exact) mass is 473 g/mol. The van der Waals surface area contributed by atoms with Gasteiger partial charge in [-0.2, -0.15) is 13.2 Å². The Balaban J connectivity index is 1.56. The first kappa shape index (κ1) is 21.1. The minimum absolute atomic E-state index is 0.0201. The lowest BCUT2D eigenvalue weighted by Crippen LogP contribution is -2.39. The number of benzene rings is 1. The first-order chi connectivity index (χ1) is 14.0. The highest BCUT2D eigenvalue weighted by Gasteiger charge is 2.42. The summed E-state index contributed by atoms with van der Waals surface area (Å²) in [6, 6.07) is 7.34. The number of halogens is 3. The van der Waals surface area contributed by atoms with Crippen LogP contribution in [0, 0.1) is 0 Å². The number of amides is 1. The Hall–Kier alpha value is -2.11. The van der Waals surface area contributed by atoms with E-state index in [1.54, 1.807) is 6.07 Å². The minimum atomic E-state index is -4.47. The van der Waals surface area contributed by atoms with E-state index >= 15 is 0 Å². The average Bonchev–Trinajstić information content (AvgIpc) is 3.33. The summed E-state index contributed by atoms with van der Waals surface area (Å²) in [5, 5.41) is 0. The third-order valence-electron chi connectivity index (χ3n) is 4.77. The van der Waals surface area contributed by atoms with E-state index in [1.807, 2.05) is 0 Å². The van der Waals surface area contributed by atoms with Crippen LogP contribution in [0.2, 0.25) is 0 Å². The van der Waals surface area contributed by atoms with Gasteiger partial charge in [-0.05, 0) is 30.7 Å². The molecule has 1 aromatic carbocycles. The Morgan fingerprint density at radius 1 is 1.23 bits per heavy atom. The number of hydrogen-bond acceptors (Lipinski definition) is 6. The van der Waals surface area contributed by atoms with Gasteiger partial charge in [0.2, 0.25) is 0 Å². The third kappa shape index (κ3) is 4.19. The van der Waals surface area contributed by atoms with E-state index in [9.17, 15) is 26.4 Å². The third-order valence-corrected chi connectivity index (χ3v) is 7.85. The van der Waals surface area contributed by atoms with Gasteiger partial charge in [0.05, 0.1) is 28.0 Å². The second kappa shape index (κ2) is 7.54. The number of sulfone groups is 1. The lowest BCUT2D eigenvalue weighted by Gasteiger charge is -2.20. The van der Waals surface area contributed by atoms with Crippen molar-refractivity contribution in [2.75, 3.05) is 11.5 Å². The normalized spacial score (nSPS) is 23.0. The molecule has 1 amide bonds. The van der Waals surface area contributed by atoms with E-state index in [4.69, 9.17) is 16.6 Å². The maximum Gasteiger partial charge on any atom is 0.416 e. The molecule has 2 aliphatic heterocycles. The molecule has 11 heteroatoms. The summed E-state index contributed by atoms with van der Waals surface area (Å²) in [6.45, 7) is 0. The first-order valence-electron chi connectivity index (χ1n) is 8.78. The van der Waals surface area contributed by atoms with Gasteiger partial charge >= 0.3 is 6.18 Å². The van der Waals surface area contributed by atoms with Crippen molar-refractivity contribution in [1.82, 2.24) is 4.90 Å². The van der Waals surface area contributed by atoms with Crippen molar-refractivity contribution >= 4 is 50.1 Å². The Labute approximate surface area is 179 Å². The number of carbonyl (C=O) groups is 1. The lowest BCUT2D eigenvalue weighted by atomic mass is 10.1. The Bertz CT molecular complexity index is 1170. The summed E-state index contributed by atoms with van der Waals surface area (Å²) in [5.74, 6) is 0.00947. The molecule has 2 fully saturated rings. The van der Waals surface area contributed by atoms with Crippen molar-refractivity contribution in [1.29, 1.82) is 0 Å². The van der Waals surface area contributed by atoms with Crippen LogP contribution in [-0.2, 0) is 20.8 Å². The van der Waals surface area contributed by atoms with Crippen LogP contribution in [0.1, 0.15) is 17.7 Å². The number of furan rings is 1. The fourth-order valence-electron chi connectivity index (χ4n) is 3.34. The van der Waals surface area contributed by atoms with Crippen LogP contribution in [0.5, 0.6) is 0 Å². The molecule has 0 aliphatic carbocycles. The SMILES string of the molecule is O=C1/C(=C/c2ccc(-c3cccc(C(F)(F)F)c3)o2)SC(=S)N1C1CCS(=O)(=O)C1. The molecule has 4 rings (SSSR count). The van der Waals surface area contributed by atoms with E-state index in [0.717, 1.165) is 23.9 Å². The predicted molar refractivity (Wildman–Crippen MR) is 111 cm³/mol. The largest absolute Gasteiger partial charge is 0.457 e. The average molecular weight is 474 g/mol.